The third-order valence-corrected chi connectivity index (χ3v) is 2.86. The average molecular weight is 191 g/mol. The first-order chi connectivity index (χ1) is 6.62. The Hall–Kier alpha value is -0.860. The molecule has 1 fully saturated rings. The highest BCUT2D eigenvalue weighted by Crippen LogP contribution is 2.44. The Kier molecular flexibility index (Phi) is 2.33. The van der Waals surface area contributed by atoms with Gasteiger partial charge >= 0.3 is 0 Å². The van der Waals surface area contributed by atoms with Gasteiger partial charge in [0.2, 0.25) is 0 Å². The normalized spacial score (nSPS) is 20.5. The summed E-state index contributed by atoms with van der Waals surface area (Å²) in [6, 6.07) is 8.18. The number of benzene rings is 1. The fourth-order valence-electron chi connectivity index (χ4n) is 1.91. The molecular formula is C12H17NO. The summed E-state index contributed by atoms with van der Waals surface area (Å²) in [4.78, 5) is 0. The van der Waals surface area contributed by atoms with Crippen LogP contribution in [0.25, 0.3) is 0 Å². The third-order valence-electron chi connectivity index (χ3n) is 2.86. The first-order valence-corrected chi connectivity index (χ1v) is 5.17. The molecule has 1 aliphatic carbocycles. The molecule has 0 bridgehead atoms. The maximum absolute atomic E-state index is 9.38. The maximum Gasteiger partial charge on any atom is 0.0552 e. The molecule has 0 radical (unpaired) electrons. The SMILES string of the molecule is CC(O)Cc1ccccc1C1(N)CC1. The Morgan fingerprint density at radius 1 is 1.43 bits per heavy atom. The molecule has 1 aromatic rings. The second-order valence-electron chi connectivity index (χ2n) is 4.37. The maximum atomic E-state index is 9.38. The van der Waals surface area contributed by atoms with Gasteiger partial charge in [0.05, 0.1) is 6.10 Å². The minimum atomic E-state index is -0.293. The molecule has 2 nitrogen and oxygen atoms in total. The van der Waals surface area contributed by atoms with Crippen LogP contribution in [0.5, 0.6) is 0 Å². The van der Waals surface area contributed by atoms with Crippen LogP contribution in [0.3, 0.4) is 0 Å². The van der Waals surface area contributed by atoms with Gasteiger partial charge in [-0.3, -0.25) is 0 Å². The highest BCUT2D eigenvalue weighted by atomic mass is 16.3. The van der Waals surface area contributed by atoms with Crippen molar-refractivity contribution >= 4 is 0 Å². The summed E-state index contributed by atoms with van der Waals surface area (Å²) < 4.78 is 0. The lowest BCUT2D eigenvalue weighted by Gasteiger charge is -2.15. The van der Waals surface area contributed by atoms with Crippen molar-refractivity contribution < 1.29 is 5.11 Å². The lowest BCUT2D eigenvalue weighted by molar-refractivity contribution is 0.195. The molecule has 0 aliphatic heterocycles. The lowest BCUT2D eigenvalue weighted by atomic mass is 9.95. The largest absolute Gasteiger partial charge is 0.393 e. The van der Waals surface area contributed by atoms with Gasteiger partial charge in [0.1, 0.15) is 0 Å². The molecule has 0 aromatic heterocycles. The molecule has 2 rings (SSSR count). The van der Waals surface area contributed by atoms with Gasteiger partial charge in [-0.15, -0.1) is 0 Å². The summed E-state index contributed by atoms with van der Waals surface area (Å²) in [5.74, 6) is 0. The van der Waals surface area contributed by atoms with E-state index in [4.69, 9.17) is 5.73 Å². The molecule has 1 aromatic carbocycles. The van der Waals surface area contributed by atoms with Crippen molar-refractivity contribution in [2.45, 2.75) is 37.8 Å². The summed E-state index contributed by atoms with van der Waals surface area (Å²) in [6.45, 7) is 1.81. The van der Waals surface area contributed by atoms with E-state index < -0.39 is 0 Å². The van der Waals surface area contributed by atoms with Crippen molar-refractivity contribution in [3.63, 3.8) is 0 Å². The quantitative estimate of drug-likeness (QED) is 0.761. The molecule has 0 heterocycles. The van der Waals surface area contributed by atoms with Crippen molar-refractivity contribution in [1.29, 1.82) is 0 Å². The number of hydrogen-bond acceptors (Lipinski definition) is 2. The molecule has 1 aliphatic rings. The second kappa shape index (κ2) is 3.37. The van der Waals surface area contributed by atoms with Gasteiger partial charge < -0.3 is 10.8 Å². The predicted molar refractivity (Wildman–Crippen MR) is 56.9 cm³/mol. The van der Waals surface area contributed by atoms with Crippen LogP contribution in [0.4, 0.5) is 0 Å². The zero-order chi connectivity index (χ0) is 10.2. The summed E-state index contributed by atoms with van der Waals surface area (Å²) in [5.41, 5.74) is 8.49. The van der Waals surface area contributed by atoms with Gasteiger partial charge in [0, 0.05) is 5.54 Å². The Morgan fingerprint density at radius 3 is 2.64 bits per heavy atom. The number of nitrogens with two attached hydrogens (primary N) is 1. The smallest absolute Gasteiger partial charge is 0.0552 e. The Balaban J connectivity index is 2.29. The van der Waals surface area contributed by atoms with Gasteiger partial charge in [-0.2, -0.15) is 0 Å². The monoisotopic (exact) mass is 191 g/mol. The molecule has 14 heavy (non-hydrogen) atoms. The fourth-order valence-corrected chi connectivity index (χ4v) is 1.91. The minimum absolute atomic E-state index is 0.0918. The average Bonchev–Trinajstić information content (AvgIpc) is 2.84. The van der Waals surface area contributed by atoms with E-state index in [2.05, 4.69) is 12.1 Å². The number of aliphatic hydroxyl groups excluding tert-OH is 1. The van der Waals surface area contributed by atoms with Gasteiger partial charge in [-0.1, -0.05) is 24.3 Å². The molecule has 1 saturated carbocycles. The fraction of sp³-hybridized carbons (Fsp3) is 0.500. The summed E-state index contributed by atoms with van der Waals surface area (Å²) >= 11 is 0. The van der Waals surface area contributed by atoms with Gasteiger partial charge in [0.25, 0.3) is 0 Å². The van der Waals surface area contributed by atoms with Crippen molar-refractivity contribution in [3.05, 3.63) is 35.4 Å². The topological polar surface area (TPSA) is 46.2 Å². The van der Waals surface area contributed by atoms with E-state index in [9.17, 15) is 5.11 Å². The molecule has 1 atom stereocenters. The third kappa shape index (κ3) is 1.81. The molecule has 2 heteroatoms. The van der Waals surface area contributed by atoms with Crippen LogP contribution < -0.4 is 5.73 Å². The van der Waals surface area contributed by atoms with E-state index >= 15 is 0 Å². The Bertz CT molecular complexity index is 329. The van der Waals surface area contributed by atoms with Crippen LogP contribution in [0.1, 0.15) is 30.9 Å². The Labute approximate surface area is 84.7 Å². The zero-order valence-corrected chi connectivity index (χ0v) is 8.53. The van der Waals surface area contributed by atoms with Crippen LogP contribution in [0.15, 0.2) is 24.3 Å². The van der Waals surface area contributed by atoms with Crippen LogP contribution in [-0.2, 0) is 12.0 Å². The molecule has 3 N–H and O–H groups in total. The predicted octanol–water partition coefficient (Wildman–Crippen LogP) is 1.56. The van der Waals surface area contributed by atoms with E-state index in [-0.39, 0.29) is 11.6 Å². The van der Waals surface area contributed by atoms with Crippen LogP contribution in [-0.4, -0.2) is 11.2 Å². The zero-order valence-electron chi connectivity index (χ0n) is 8.53. The first-order valence-electron chi connectivity index (χ1n) is 5.17. The number of aliphatic hydroxyl groups is 1. The molecule has 0 saturated heterocycles. The molecule has 0 spiro atoms. The second-order valence-corrected chi connectivity index (χ2v) is 4.37. The number of hydrogen-bond donors (Lipinski definition) is 2. The highest BCUT2D eigenvalue weighted by Gasteiger charge is 2.41. The van der Waals surface area contributed by atoms with Crippen molar-refractivity contribution in [2.24, 2.45) is 5.73 Å². The summed E-state index contributed by atoms with van der Waals surface area (Å²) in [7, 11) is 0. The van der Waals surface area contributed by atoms with E-state index in [1.165, 1.54) is 11.1 Å². The van der Waals surface area contributed by atoms with E-state index in [1.807, 2.05) is 19.1 Å². The van der Waals surface area contributed by atoms with Crippen LogP contribution in [0, 0.1) is 0 Å². The van der Waals surface area contributed by atoms with Crippen molar-refractivity contribution in [3.8, 4) is 0 Å². The van der Waals surface area contributed by atoms with Gasteiger partial charge in [0.15, 0.2) is 0 Å². The molecule has 0 amide bonds. The minimum Gasteiger partial charge on any atom is -0.393 e. The summed E-state index contributed by atoms with van der Waals surface area (Å²) in [5, 5.41) is 9.38. The highest BCUT2D eigenvalue weighted by molar-refractivity contribution is 5.37. The van der Waals surface area contributed by atoms with Gasteiger partial charge in [-0.25, -0.2) is 0 Å². The molecule has 76 valence electrons. The van der Waals surface area contributed by atoms with Crippen LogP contribution >= 0.6 is 0 Å². The van der Waals surface area contributed by atoms with Crippen molar-refractivity contribution in [1.82, 2.24) is 0 Å². The lowest BCUT2D eigenvalue weighted by Crippen LogP contribution is -2.21. The van der Waals surface area contributed by atoms with E-state index in [1.54, 1.807) is 0 Å². The van der Waals surface area contributed by atoms with Crippen molar-refractivity contribution in [2.75, 3.05) is 0 Å². The molecular weight excluding hydrogens is 174 g/mol. The summed E-state index contributed by atoms with van der Waals surface area (Å²) in [6.07, 6.45) is 2.56. The van der Waals surface area contributed by atoms with E-state index in [0.29, 0.717) is 6.42 Å². The number of rotatable bonds is 3. The standard InChI is InChI=1S/C12H17NO/c1-9(14)8-10-4-2-3-5-11(10)12(13)6-7-12/h2-5,9,14H,6-8,13H2,1H3. The molecule has 1 unspecified atom stereocenters. The van der Waals surface area contributed by atoms with Gasteiger partial charge in [-0.05, 0) is 37.3 Å². The van der Waals surface area contributed by atoms with Crippen LogP contribution in [0.2, 0.25) is 0 Å². The van der Waals surface area contributed by atoms with E-state index in [0.717, 1.165) is 12.8 Å². The Morgan fingerprint density at radius 2 is 2.07 bits per heavy atom. The first kappa shape index (κ1) is 9.69.